The third-order valence-electron chi connectivity index (χ3n) is 3.33. The van der Waals surface area contributed by atoms with Crippen LogP contribution in [0.25, 0.3) is 10.8 Å². The largest absolute Gasteiger partial charge is 1.00 e. The molecule has 0 aliphatic rings. The number of benzene rings is 3. The molecule has 116 valence electrons. The van der Waals surface area contributed by atoms with Crippen LogP contribution >= 0.6 is 0 Å². The maximum atomic E-state index is 11.3. The minimum absolute atomic E-state index is 0. The molecule has 0 radical (unpaired) electrons. The number of azo groups is 1. The normalized spacial score (nSPS) is 11.5. The van der Waals surface area contributed by atoms with E-state index >= 15 is 0 Å². The van der Waals surface area contributed by atoms with Gasteiger partial charge in [0.15, 0.2) is 0 Å². The fraction of sp³-hybridized carbons (Fsp3) is 0. The number of hydrogen-bond acceptors (Lipinski definition) is 5. The van der Waals surface area contributed by atoms with E-state index in [4.69, 9.17) is 5.73 Å². The van der Waals surface area contributed by atoms with Crippen LogP contribution in [0.4, 0.5) is 17.1 Å². The number of nitrogen functional groups attached to an aromatic ring is 1. The van der Waals surface area contributed by atoms with Gasteiger partial charge >= 0.3 is 29.6 Å². The second kappa shape index (κ2) is 7.42. The number of nitrogens with zero attached hydrogens (tertiary/aromatic N) is 2. The van der Waals surface area contributed by atoms with Crippen molar-refractivity contribution in [2.24, 2.45) is 10.2 Å². The molecule has 0 heterocycles. The number of rotatable bonds is 3. The maximum Gasteiger partial charge on any atom is 1.00 e. The summed E-state index contributed by atoms with van der Waals surface area (Å²) in [6.45, 7) is 0. The van der Waals surface area contributed by atoms with E-state index in [2.05, 4.69) is 10.2 Å². The van der Waals surface area contributed by atoms with Crippen molar-refractivity contribution in [1.29, 1.82) is 0 Å². The van der Waals surface area contributed by atoms with E-state index in [1.54, 1.807) is 24.3 Å². The zero-order valence-corrected chi connectivity index (χ0v) is 15.7. The molecule has 0 aliphatic heterocycles. The molecule has 0 aromatic heterocycles. The smallest absolute Gasteiger partial charge is 0.398 e. The molecule has 0 saturated carbocycles. The van der Waals surface area contributed by atoms with Crippen molar-refractivity contribution >= 4 is 38.0 Å². The fourth-order valence-electron chi connectivity index (χ4n) is 2.19. The Bertz CT molecular complexity index is 1010. The van der Waals surface area contributed by atoms with Gasteiger partial charge in [-0.3, -0.25) is 4.55 Å². The predicted octanol–water partition coefficient (Wildman–Crippen LogP) is 1.09. The van der Waals surface area contributed by atoms with E-state index in [9.17, 15) is 13.0 Å². The second-order valence-corrected chi connectivity index (χ2v) is 6.31. The van der Waals surface area contributed by atoms with Gasteiger partial charge < -0.3 is 5.73 Å². The number of hydrogen-bond donors (Lipinski definition) is 2. The van der Waals surface area contributed by atoms with Gasteiger partial charge in [0, 0.05) is 16.5 Å². The summed E-state index contributed by atoms with van der Waals surface area (Å²) in [4.78, 5) is -0.216. The molecule has 3 aromatic carbocycles. The van der Waals surface area contributed by atoms with Crippen LogP contribution in [0.2, 0.25) is 0 Å². The first kappa shape index (κ1) is 18.6. The van der Waals surface area contributed by atoms with Gasteiger partial charge in [0.05, 0.1) is 16.3 Å². The van der Waals surface area contributed by atoms with E-state index in [0.717, 1.165) is 0 Å². The van der Waals surface area contributed by atoms with E-state index in [0.29, 0.717) is 27.8 Å². The van der Waals surface area contributed by atoms with Crippen molar-refractivity contribution in [2.75, 3.05) is 5.73 Å². The molecular weight excluding hydrogens is 337 g/mol. The van der Waals surface area contributed by atoms with Gasteiger partial charge in [-0.2, -0.15) is 13.5 Å². The standard InChI is InChI=1S/C16H13N3O3S.Na/c17-15-8-9-16(19-18-11-4-2-1-3-5-11)14-10-12(23(20,21)22)6-7-13(14)15;/h1-10H,17H2,(H,20,21,22);/q;+1. The Morgan fingerprint density at radius 1 is 0.875 bits per heavy atom. The van der Waals surface area contributed by atoms with Crippen LogP contribution in [-0.2, 0) is 10.1 Å². The van der Waals surface area contributed by atoms with Gasteiger partial charge in [-0.1, -0.05) is 24.3 Å². The molecule has 3 aromatic rings. The zero-order valence-electron chi connectivity index (χ0n) is 12.9. The third kappa shape index (κ3) is 4.00. The van der Waals surface area contributed by atoms with Crippen molar-refractivity contribution in [3.8, 4) is 0 Å². The van der Waals surface area contributed by atoms with Crippen LogP contribution in [0.3, 0.4) is 0 Å². The third-order valence-corrected chi connectivity index (χ3v) is 4.18. The first-order valence-electron chi connectivity index (χ1n) is 6.72. The quantitative estimate of drug-likeness (QED) is 0.319. The molecular formula is C16H13N3NaO3S+. The molecule has 0 aliphatic carbocycles. The maximum absolute atomic E-state index is 11.3. The molecule has 0 fully saturated rings. The summed E-state index contributed by atoms with van der Waals surface area (Å²) in [6, 6.07) is 16.6. The van der Waals surface area contributed by atoms with Crippen molar-refractivity contribution in [3.63, 3.8) is 0 Å². The molecule has 0 amide bonds. The molecule has 3 rings (SSSR count). The summed E-state index contributed by atoms with van der Waals surface area (Å²) in [5.41, 5.74) is 7.53. The van der Waals surface area contributed by atoms with Crippen LogP contribution in [0.15, 0.2) is 75.8 Å². The van der Waals surface area contributed by atoms with Gasteiger partial charge in [-0.05, 0) is 36.4 Å². The van der Waals surface area contributed by atoms with Gasteiger partial charge in [0.1, 0.15) is 0 Å². The summed E-state index contributed by atoms with van der Waals surface area (Å²) in [6.07, 6.45) is 0. The van der Waals surface area contributed by atoms with E-state index in [1.165, 1.54) is 18.2 Å². The molecule has 3 N–H and O–H groups in total. The molecule has 6 nitrogen and oxygen atoms in total. The molecule has 0 atom stereocenters. The molecule has 24 heavy (non-hydrogen) atoms. The van der Waals surface area contributed by atoms with Crippen molar-refractivity contribution in [2.45, 2.75) is 4.90 Å². The predicted molar refractivity (Wildman–Crippen MR) is 88.8 cm³/mol. The second-order valence-electron chi connectivity index (χ2n) is 4.89. The summed E-state index contributed by atoms with van der Waals surface area (Å²) in [7, 11) is -4.30. The minimum atomic E-state index is -4.30. The van der Waals surface area contributed by atoms with Crippen molar-refractivity contribution in [3.05, 3.63) is 60.7 Å². The molecule has 0 bridgehead atoms. The Kier molecular flexibility index (Phi) is 5.74. The van der Waals surface area contributed by atoms with Crippen molar-refractivity contribution < 1.29 is 42.5 Å². The summed E-state index contributed by atoms with van der Waals surface area (Å²) >= 11 is 0. The Labute approximate surface area is 161 Å². The number of nitrogens with two attached hydrogens (primary N) is 1. The van der Waals surface area contributed by atoms with Gasteiger partial charge in [-0.15, -0.1) is 5.11 Å². The Morgan fingerprint density at radius 3 is 2.25 bits per heavy atom. The van der Waals surface area contributed by atoms with E-state index in [1.807, 2.05) is 18.2 Å². The minimum Gasteiger partial charge on any atom is -0.398 e. The summed E-state index contributed by atoms with van der Waals surface area (Å²) in [5.74, 6) is 0. The van der Waals surface area contributed by atoms with E-state index < -0.39 is 10.1 Å². The van der Waals surface area contributed by atoms with E-state index in [-0.39, 0.29) is 34.5 Å². The Hall–Kier alpha value is -1.77. The molecule has 0 saturated heterocycles. The number of fused-ring (bicyclic) bond motifs is 1. The van der Waals surface area contributed by atoms with Gasteiger partial charge in [-0.25, -0.2) is 0 Å². The molecule has 0 spiro atoms. The summed E-state index contributed by atoms with van der Waals surface area (Å²) < 4.78 is 31.8. The number of anilines is 1. The van der Waals surface area contributed by atoms with Gasteiger partial charge in [0.25, 0.3) is 10.1 Å². The average molecular weight is 350 g/mol. The topological polar surface area (TPSA) is 105 Å². The SMILES string of the molecule is Nc1ccc(N=Nc2ccccc2)c2cc(S(=O)(=O)O)ccc12.[Na+]. The van der Waals surface area contributed by atoms with Crippen LogP contribution in [0.1, 0.15) is 0 Å². The molecule has 0 unspecified atom stereocenters. The monoisotopic (exact) mass is 350 g/mol. The fourth-order valence-corrected chi connectivity index (χ4v) is 2.70. The Morgan fingerprint density at radius 2 is 1.58 bits per heavy atom. The molecule has 8 heteroatoms. The van der Waals surface area contributed by atoms with Crippen LogP contribution in [0.5, 0.6) is 0 Å². The summed E-state index contributed by atoms with van der Waals surface area (Å²) in [5, 5.41) is 9.42. The first-order chi connectivity index (χ1) is 10.9. The average Bonchev–Trinajstić information content (AvgIpc) is 2.54. The van der Waals surface area contributed by atoms with Gasteiger partial charge in [0.2, 0.25) is 0 Å². The van der Waals surface area contributed by atoms with Crippen LogP contribution in [-0.4, -0.2) is 13.0 Å². The van der Waals surface area contributed by atoms with Crippen molar-refractivity contribution in [1.82, 2.24) is 0 Å². The first-order valence-corrected chi connectivity index (χ1v) is 8.16. The zero-order chi connectivity index (χ0) is 16.4. The van der Waals surface area contributed by atoms with Crippen LogP contribution < -0.4 is 35.3 Å². The van der Waals surface area contributed by atoms with Crippen LogP contribution in [0, 0.1) is 0 Å². The Balaban J connectivity index is 0.00000208.